The van der Waals surface area contributed by atoms with E-state index in [0.29, 0.717) is 30.2 Å². The first-order chi connectivity index (χ1) is 11.8. The van der Waals surface area contributed by atoms with Crippen molar-refractivity contribution in [1.29, 1.82) is 0 Å². The predicted octanol–water partition coefficient (Wildman–Crippen LogP) is 3.30. The molecular formula is C18H19NO4S. The summed E-state index contributed by atoms with van der Waals surface area (Å²) in [6, 6.07) is 9.43. The largest absolute Gasteiger partial charge is 0.454 e. The molecule has 1 fully saturated rings. The zero-order valence-electron chi connectivity index (χ0n) is 13.3. The lowest BCUT2D eigenvalue weighted by Crippen LogP contribution is -2.36. The summed E-state index contributed by atoms with van der Waals surface area (Å²) in [4.78, 5) is 16.1. The number of thiophene rings is 1. The molecule has 6 heteroatoms. The molecule has 2 aromatic rings. The number of fused-ring (bicyclic) bond motifs is 1. The Hall–Kier alpha value is -2.05. The van der Waals surface area contributed by atoms with Gasteiger partial charge in [0, 0.05) is 23.6 Å². The normalized spacial score (nSPS) is 18.8. The van der Waals surface area contributed by atoms with Crippen LogP contribution in [-0.2, 0) is 11.3 Å². The number of rotatable bonds is 5. The number of nitrogens with zero attached hydrogens (tertiary/aromatic N) is 1. The third kappa shape index (κ3) is 3.25. The first kappa shape index (κ1) is 15.5. The third-order valence-electron chi connectivity index (χ3n) is 4.28. The summed E-state index contributed by atoms with van der Waals surface area (Å²) in [5.41, 5.74) is 0.619. The highest BCUT2D eigenvalue weighted by Crippen LogP contribution is 2.33. The van der Waals surface area contributed by atoms with Crippen molar-refractivity contribution in [3.8, 4) is 11.5 Å². The zero-order valence-corrected chi connectivity index (χ0v) is 14.1. The van der Waals surface area contributed by atoms with Crippen molar-refractivity contribution in [2.24, 2.45) is 0 Å². The third-order valence-corrected chi connectivity index (χ3v) is 5.14. The van der Waals surface area contributed by atoms with Crippen LogP contribution in [0.1, 0.15) is 28.1 Å². The van der Waals surface area contributed by atoms with E-state index in [0.717, 1.165) is 19.4 Å². The molecule has 1 aromatic heterocycles. The van der Waals surface area contributed by atoms with Gasteiger partial charge >= 0.3 is 0 Å². The van der Waals surface area contributed by atoms with Crippen LogP contribution in [0.5, 0.6) is 11.5 Å². The SMILES string of the molecule is O=C(c1ccc2c(c1)OCO2)N(Cc1cccs1)CC1CCCO1. The lowest BCUT2D eigenvalue weighted by atomic mass is 10.1. The van der Waals surface area contributed by atoms with Crippen LogP contribution in [0.15, 0.2) is 35.7 Å². The molecule has 0 radical (unpaired) electrons. The van der Waals surface area contributed by atoms with Crippen LogP contribution in [0.4, 0.5) is 0 Å². The minimum Gasteiger partial charge on any atom is -0.454 e. The van der Waals surface area contributed by atoms with Crippen LogP contribution in [-0.4, -0.2) is 36.9 Å². The number of carbonyl (C=O) groups is 1. The molecule has 0 aliphatic carbocycles. The van der Waals surface area contributed by atoms with Gasteiger partial charge in [-0.1, -0.05) is 6.07 Å². The number of amides is 1. The monoisotopic (exact) mass is 345 g/mol. The summed E-state index contributed by atoms with van der Waals surface area (Å²) in [5, 5.41) is 2.03. The summed E-state index contributed by atoms with van der Waals surface area (Å²) < 4.78 is 16.4. The molecule has 5 nitrogen and oxygen atoms in total. The second-order valence-corrected chi connectivity index (χ2v) is 7.00. The van der Waals surface area contributed by atoms with Gasteiger partial charge in [-0.25, -0.2) is 0 Å². The van der Waals surface area contributed by atoms with Gasteiger partial charge in [0.25, 0.3) is 5.91 Å². The molecule has 1 saturated heterocycles. The Morgan fingerprint density at radius 1 is 1.25 bits per heavy atom. The summed E-state index contributed by atoms with van der Waals surface area (Å²) in [7, 11) is 0. The number of benzene rings is 1. The van der Waals surface area contributed by atoms with Crippen molar-refractivity contribution >= 4 is 17.2 Å². The molecule has 0 saturated carbocycles. The van der Waals surface area contributed by atoms with Crippen molar-refractivity contribution < 1.29 is 19.0 Å². The highest BCUT2D eigenvalue weighted by molar-refractivity contribution is 7.09. The van der Waals surface area contributed by atoms with E-state index in [1.807, 2.05) is 16.3 Å². The molecule has 126 valence electrons. The number of ether oxygens (including phenoxy) is 3. The Bertz CT molecular complexity index is 710. The molecule has 2 aliphatic heterocycles. The molecule has 4 rings (SSSR count). The second-order valence-electron chi connectivity index (χ2n) is 5.97. The smallest absolute Gasteiger partial charge is 0.254 e. The maximum atomic E-state index is 13.0. The maximum absolute atomic E-state index is 13.0. The van der Waals surface area contributed by atoms with Crippen molar-refractivity contribution in [2.45, 2.75) is 25.5 Å². The molecule has 0 spiro atoms. The van der Waals surface area contributed by atoms with Gasteiger partial charge in [-0.05, 0) is 42.5 Å². The topological polar surface area (TPSA) is 48.0 Å². The molecular weight excluding hydrogens is 326 g/mol. The van der Waals surface area contributed by atoms with Gasteiger partial charge in [0.05, 0.1) is 12.6 Å². The molecule has 1 unspecified atom stereocenters. The summed E-state index contributed by atoms with van der Waals surface area (Å²) in [6.07, 6.45) is 2.20. The maximum Gasteiger partial charge on any atom is 0.254 e. The molecule has 24 heavy (non-hydrogen) atoms. The fraction of sp³-hybridized carbons (Fsp3) is 0.389. The Morgan fingerprint density at radius 2 is 2.17 bits per heavy atom. The lowest BCUT2D eigenvalue weighted by Gasteiger charge is -2.25. The summed E-state index contributed by atoms with van der Waals surface area (Å²) >= 11 is 1.66. The molecule has 0 bridgehead atoms. The van der Waals surface area contributed by atoms with E-state index in [1.165, 1.54) is 4.88 Å². The van der Waals surface area contributed by atoms with Gasteiger partial charge in [-0.15, -0.1) is 11.3 Å². The highest BCUT2D eigenvalue weighted by Gasteiger charge is 2.25. The Balaban J connectivity index is 1.55. The van der Waals surface area contributed by atoms with Crippen LogP contribution in [0.3, 0.4) is 0 Å². The quantitative estimate of drug-likeness (QED) is 0.834. The van der Waals surface area contributed by atoms with Crippen LogP contribution >= 0.6 is 11.3 Å². The van der Waals surface area contributed by atoms with Crippen molar-refractivity contribution in [2.75, 3.05) is 19.9 Å². The average molecular weight is 345 g/mol. The summed E-state index contributed by atoms with van der Waals surface area (Å²) in [6.45, 7) is 2.22. The average Bonchev–Trinajstić information content (AvgIpc) is 3.35. The molecule has 2 aliphatic rings. The van der Waals surface area contributed by atoms with Crippen LogP contribution in [0.25, 0.3) is 0 Å². The fourth-order valence-corrected chi connectivity index (χ4v) is 3.78. The first-order valence-corrected chi connectivity index (χ1v) is 9.00. The van der Waals surface area contributed by atoms with E-state index in [-0.39, 0.29) is 18.8 Å². The van der Waals surface area contributed by atoms with Crippen LogP contribution in [0.2, 0.25) is 0 Å². The molecule has 0 N–H and O–H groups in total. The number of carbonyl (C=O) groups excluding carboxylic acids is 1. The van der Waals surface area contributed by atoms with Gasteiger partial charge in [0.2, 0.25) is 6.79 Å². The Labute approximate surface area is 144 Å². The van der Waals surface area contributed by atoms with E-state index < -0.39 is 0 Å². The van der Waals surface area contributed by atoms with Gasteiger partial charge in [0.15, 0.2) is 11.5 Å². The van der Waals surface area contributed by atoms with E-state index in [1.54, 1.807) is 29.5 Å². The van der Waals surface area contributed by atoms with E-state index >= 15 is 0 Å². The summed E-state index contributed by atoms with van der Waals surface area (Å²) in [5.74, 6) is 1.32. The zero-order chi connectivity index (χ0) is 16.4. The lowest BCUT2D eigenvalue weighted by molar-refractivity contribution is 0.0509. The van der Waals surface area contributed by atoms with Gasteiger partial charge < -0.3 is 19.1 Å². The second kappa shape index (κ2) is 6.83. The fourth-order valence-electron chi connectivity index (χ4n) is 3.06. The molecule has 1 amide bonds. The van der Waals surface area contributed by atoms with E-state index in [9.17, 15) is 4.79 Å². The first-order valence-electron chi connectivity index (χ1n) is 8.12. The van der Waals surface area contributed by atoms with Crippen LogP contribution in [0, 0.1) is 0 Å². The minimum atomic E-state index is -0.00259. The Kier molecular flexibility index (Phi) is 4.40. The van der Waals surface area contributed by atoms with Crippen LogP contribution < -0.4 is 9.47 Å². The van der Waals surface area contributed by atoms with Gasteiger partial charge in [0.1, 0.15) is 0 Å². The molecule has 1 atom stereocenters. The predicted molar refractivity (Wildman–Crippen MR) is 90.6 cm³/mol. The van der Waals surface area contributed by atoms with Gasteiger partial charge in [-0.3, -0.25) is 4.79 Å². The van der Waals surface area contributed by atoms with Crippen molar-refractivity contribution in [3.63, 3.8) is 0 Å². The van der Waals surface area contributed by atoms with E-state index in [4.69, 9.17) is 14.2 Å². The number of hydrogen-bond acceptors (Lipinski definition) is 5. The minimum absolute atomic E-state index is 0.00259. The standard InChI is InChI=1S/C18H19NO4S/c20-18(13-5-6-16-17(9-13)23-12-22-16)19(10-14-3-1-7-21-14)11-15-4-2-8-24-15/h2,4-6,8-9,14H,1,3,7,10-12H2. The van der Waals surface area contributed by atoms with Gasteiger partial charge in [-0.2, -0.15) is 0 Å². The van der Waals surface area contributed by atoms with Crippen molar-refractivity contribution in [3.05, 3.63) is 46.2 Å². The van der Waals surface area contributed by atoms with E-state index in [2.05, 4.69) is 6.07 Å². The Morgan fingerprint density at radius 3 is 2.96 bits per heavy atom. The molecule has 1 aromatic carbocycles. The highest BCUT2D eigenvalue weighted by atomic mass is 32.1. The molecule has 3 heterocycles. The number of hydrogen-bond donors (Lipinski definition) is 0. The van der Waals surface area contributed by atoms with Crippen molar-refractivity contribution in [1.82, 2.24) is 4.90 Å².